The number of rotatable bonds is 0. The average molecular weight is 182 g/mol. The molecule has 1 N–H and O–H groups in total. The summed E-state index contributed by atoms with van der Waals surface area (Å²) in [5.74, 6) is 0.0936. The van der Waals surface area contributed by atoms with Gasteiger partial charge in [0.1, 0.15) is 12.1 Å². The number of piperidine rings is 1. The number of hydrogen-bond donors (Lipinski definition) is 1. The van der Waals surface area contributed by atoms with E-state index in [1.54, 1.807) is 11.8 Å². The normalized spacial score (nSPS) is 34.1. The van der Waals surface area contributed by atoms with Gasteiger partial charge in [-0.2, -0.15) is 0 Å². The van der Waals surface area contributed by atoms with E-state index in [4.69, 9.17) is 0 Å². The lowest BCUT2D eigenvalue weighted by Crippen LogP contribution is -2.63. The molecule has 2 fully saturated rings. The standard InChI is InChI=1S/C9H14N2O2/c1-6-9(13)11-5-3-2-4-7(11)8(12)10-6/h6-7H,2-5H2,1H3,(H,10,12)/t6-,7-/m0/s1. The summed E-state index contributed by atoms with van der Waals surface area (Å²) in [6.07, 6.45) is 2.91. The van der Waals surface area contributed by atoms with Crippen molar-refractivity contribution in [3.8, 4) is 0 Å². The lowest BCUT2D eigenvalue weighted by molar-refractivity contribution is -0.150. The molecule has 0 spiro atoms. The number of piperazine rings is 1. The minimum atomic E-state index is -0.332. The van der Waals surface area contributed by atoms with Crippen LogP contribution in [0.4, 0.5) is 0 Å². The molecular weight excluding hydrogens is 168 g/mol. The minimum absolute atomic E-state index is 0.0202. The SMILES string of the molecule is C[C@@H]1NC(=O)[C@@H]2CCCCN2C1=O. The highest BCUT2D eigenvalue weighted by atomic mass is 16.2. The molecular formula is C9H14N2O2. The van der Waals surface area contributed by atoms with Crippen LogP contribution in [0.5, 0.6) is 0 Å². The van der Waals surface area contributed by atoms with Crippen molar-refractivity contribution in [3.63, 3.8) is 0 Å². The van der Waals surface area contributed by atoms with Crippen molar-refractivity contribution in [2.45, 2.75) is 38.3 Å². The molecule has 0 aliphatic carbocycles. The van der Waals surface area contributed by atoms with Crippen LogP contribution in [-0.2, 0) is 9.59 Å². The summed E-state index contributed by atoms with van der Waals surface area (Å²) in [5.41, 5.74) is 0. The molecule has 0 unspecified atom stereocenters. The second-order valence-corrected chi connectivity index (χ2v) is 3.77. The number of hydrogen-bond acceptors (Lipinski definition) is 2. The van der Waals surface area contributed by atoms with E-state index in [0.29, 0.717) is 0 Å². The second kappa shape index (κ2) is 3.01. The Labute approximate surface area is 77.3 Å². The largest absolute Gasteiger partial charge is 0.343 e. The molecule has 0 aromatic carbocycles. The second-order valence-electron chi connectivity index (χ2n) is 3.77. The van der Waals surface area contributed by atoms with E-state index < -0.39 is 0 Å². The van der Waals surface area contributed by atoms with E-state index in [1.165, 1.54) is 0 Å². The van der Waals surface area contributed by atoms with Crippen LogP contribution in [0.1, 0.15) is 26.2 Å². The molecule has 0 saturated carbocycles. The molecule has 2 rings (SSSR count). The number of nitrogens with zero attached hydrogens (tertiary/aromatic N) is 1. The van der Waals surface area contributed by atoms with Gasteiger partial charge in [-0.3, -0.25) is 9.59 Å². The van der Waals surface area contributed by atoms with Crippen LogP contribution in [0.3, 0.4) is 0 Å². The molecule has 2 aliphatic heterocycles. The van der Waals surface area contributed by atoms with Gasteiger partial charge in [0.25, 0.3) is 0 Å². The number of fused-ring (bicyclic) bond motifs is 1. The third-order valence-corrected chi connectivity index (χ3v) is 2.82. The lowest BCUT2D eigenvalue weighted by atomic mass is 9.97. The Morgan fingerprint density at radius 2 is 2.15 bits per heavy atom. The molecule has 13 heavy (non-hydrogen) atoms. The molecule has 2 amide bonds. The highest BCUT2D eigenvalue weighted by Crippen LogP contribution is 2.20. The first-order valence-corrected chi connectivity index (χ1v) is 4.81. The van der Waals surface area contributed by atoms with Crippen molar-refractivity contribution in [1.29, 1.82) is 0 Å². The van der Waals surface area contributed by atoms with Crippen LogP contribution in [0.2, 0.25) is 0 Å². The van der Waals surface area contributed by atoms with Crippen molar-refractivity contribution < 1.29 is 9.59 Å². The number of carbonyl (C=O) groups excluding carboxylic acids is 2. The van der Waals surface area contributed by atoms with Gasteiger partial charge in [-0.25, -0.2) is 0 Å². The summed E-state index contributed by atoms with van der Waals surface area (Å²) >= 11 is 0. The van der Waals surface area contributed by atoms with Gasteiger partial charge in [0.15, 0.2) is 0 Å². The predicted molar refractivity (Wildman–Crippen MR) is 47.0 cm³/mol. The van der Waals surface area contributed by atoms with Crippen LogP contribution in [0.25, 0.3) is 0 Å². The van der Waals surface area contributed by atoms with Gasteiger partial charge in [0, 0.05) is 6.54 Å². The van der Waals surface area contributed by atoms with Crippen LogP contribution < -0.4 is 5.32 Å². The van der Waals surface area contributed by atoms with Crippen LogP contribution in [-0.4, -0.2) is 35.3 Å². The molecule has 0 bridgehead atoms. The summed E-state index contributed by atoms with van der Waals surface area (Å²) in [4.78, 5) is 24.8. The molecule has 2 saturated heterocycles. The van der Waals surface area contributed by atoms with Crippen LogP contribution >= 0.6 is 0 Å². The Morgan fingerprint density at radius 1 is 1.38 bits per heavy atom. The van der Waals surface area contributed by atoms with Crippen molar-refractivity contribution in [3.05, 3.63) is 0 Å². The molecule has 0 aromatic rings. The molecule has 2 heterocycles. The van der Waals surface area contributed by atoms with Crippen molar-refractivity contribution in [1.82, 2.24) is 10.2 Å². The topological polar surface area (TPSA) is 49.4 Å². The molecule has 4 nitrogen and oxygen atoms in total. The molecule has 0 radical (unpaired) electrons. The zero-order valence-corrected chi connectivity index (χ0v) is 7.75. The number of nitrogens with one attached hydrogen (secondary N) is 1. The summed E-state index contributed by atoms with van der Waals surface area (Å²) < 4.78 is 0. The Kier molecular flexibility index (Phi) is 1.98. The van der Waals surface area contributed by atoms with Crippen molar-refractivity contribution >= 4 is 11.8 Å². The smallest absolute Gasteiger partial charge is 0.245 e. The number of carbonyl (C=O) groups is 2. The Morgan fingerprint density at radius 3 is 2.92 bits per heavy atom. The first-order chi connectivity index (χ1) is 6.20. The van der Waals surface area contributed by atoms with Gasteiger partial charge >= 0.3 is 0 Å². The van der Waals surface area contributed by atoms with Gasteiger partial charge in [-0.05, 0) is 26.2 Å². The van der Waals surface area contributed by atoms with Gasteiger partial charge in [-0.1, -0.05) is 0 Å². The Hall–Kier alpha value is -1.06. The van der Waals surface area contributed by atoms with Gasteiger partial charge in [-0.15, -0.1) is 0 Å². The fourth-order valence-electron chi connectivity index (χ4n) is 2.09. The first-order valence-electron chi connectivity index (χ1n) is 4.81. The fourth-order valence-corrected chi connectivity index (χ4v) is 2.09. The molecule has 4 heteroatoms. The Balaban J connectivity index is 2.19. The lowest BCUT2D eigenvalue weighted by Gasteiger charge is -2.40. The third-order valence-electron chi connectivity index (χ3n) is 2.82. The average Bonchev–Trinajstić information content (AvgIpc) is 2.15. The summed E-state index contributed by atoms with van der Waals surface area (Å²) in [6.45, 7) is 2.49. The predicted octanol–water partition coefficient (Wildman–Crippen LogP) is -0.114. The van der Waals surface area contributed by atoms with E-state index >= 15 is 0 Å². The minimum Gasteiger partial charge on any atom is -0.343 e. The molecule has 0 aromatic heterocycles. The van der Waals surface area contributed by atoms with Gasteiger partial charge in [0.05, 0.1) is 0 Å². The first kappa shape index (κ1) is 8.53. The summed E-state index contributed by atoms with van der Waals surface area (Å²) in [7, 11) is 0. The van der Waals surface area contributed by atoms with E-state index in [-0.39, 0.29) is 23.9 Å². The highest BCUT2D eigenvalue weighted by Gasteiger charge is 2.39. The quantitative estimate of drug-likeness (QED) is 0.568. The zero-order valence-electron chi connectivity index (χ0n) is 7.75. The van der Waals surface area contributed by atoms with Crippen LogP contribution in [0, 0.1) is 0 Å². The Bertz CT molecular complexity index is 252. The van der Waals surface area contributed by atoms with E-state index in [0.717, 1.165) is 25.8 Å². The maximum atomic E-state index is 11.6. The molecule has 2 atom stereocenters. The zero-order chi connectivity index (χ0) is 9.42. The van der Waals surface area contributed by atoms with E-state index in [1.807, 2.05) is 0 Å². The van der Waals surface area contributed by atoms with Gasteiger partial charge in [0.2, 0.25) is 11.8 Å². The van der Waals surface area contributed by atoms with Crippen molar-refractivity contribution in [2.24, 2.45) is 0 Å². The number of amides is 2. The highest BCUT2D eigenvalue weighted by molar-refractivity contribution is 5.96. The third kappa shape index (κ3) is 1.30. The molecule has 2 aliphatic rings. The summed E-state index contributed by atoms with van der Waals surface area (Å²) in [5, 5.41) is 2.70. The van der Waals surface area contributed by atoms with E-state index in [2.05, 4.69) is 5.32 Å². The van der Waals surface area contributed by atoms with Crippen LogP contribution in [0.15, 0.2) is 0 Å². The summed E-state index contributed by atoms with van der Waals surface area (Å²) in [6, 6.07) is -0.515. The maximum Gasteiger partial charge on any atom is 0.245 e. The molecule has 72 valence electrons. The maximum absolute atomic E-state index is 11.6. The van der Waals surface area contributed by atoms with E-state index in [9.17, 15) is 9.59 Å². The van der Waals surface area contributed by atoms with Gasteiger partial charge < -0.3 is 10.2 Å². The monoisotopic (exact) mass is 182 g/mol. The fraction of sp³-hybridized carbons (Fsp3) is 0.778. The van der Waals surface area contributed by atoms with Crippen molar-refractivity contribution in [2.75, 3.05) is 6.54 Å².